The van der Waals surface area contributed by atoms with E-state index >= 15 is 4.39 Å². The predicted octanol–water partition coefficient (Wildman–Crippen LogP) is 3.80. The molecule has 0 radical (unpaired) electrons. The third kappa shape index (κ3) is 5.03. The Bertz CT molecular complexity index is 1590. The highest BCUT2D eigenvalue weighted by Crippen LogP contribution is 2.31. The summed E-state index contributed by atoms with van der Waals surface area (Å²) in [6, 6.07) is 6.66. The molecule has 0 fully saturated rings. The molecule has 0 saturated carbocycles. The Morgan fingerprint density at radius 3 is 2.63 bits per heavy atom. The molecular weight excluding hydrogens is 499 g/mol. The first-order valence-corrected chi connectivity index (χ1v) is 12.1. The van der Waals surface area contributed by atoms with Gasteiger partial charge >= 0.3 is 0 Å². The van der Waals surface area contributed by atoms with Gasteiger partial charge in [0.2, 0.25) is 11.8 Å². The third-order valence-electron chi connectivity index (χ3n) is 4.81. The zero-order valence-electron chi connectivity index (χ0n) is 18.8. The molecule has 0 aliphatic carbocycles. The lowest BCUT2D eigenvalue weighted by atomic mass is 10.0. The Morgan fingerprint density at radius 2 is 1.91 bits per heavy atom. The minimum atomic E-state index is -4.33. The number of anilines is 2. The molecule has 3 aromatic heterocycles. The molecule has 1 aromatic carbocycles. The van der Waals surface area contributed by atoms with E-state index in [9.17, 15) is 13.2 Å². The van der Waals surface area contributed by atoms with Gasteiger partial charge in [0, 0.05) is 29.4 Å². The van der Waals surface area contributed by atoms with Crippen LogP contribution in [0.3, 0.4) is 0 Å². The second kappa shape index (κ2) is 9.47. The van der Waals surface area contributed by atoms with Crippen molar-refractivity contribution >= 4 is 44.3 Å². The molecule has 0 aliphatic rings. The molecule has 0 saturated heterocycles. The topological polar surface area (TPSA) is 139 Å². The van der Waals surface area contributed by atoms with Gasteiger partial charge in [-0.3, -0.25) is 9.52 Å². The van der Waals surface area contributed by atoms with E-state index in [0.29, 0.717) is 11.3 Å². The first kappa shape index (κ1) is 24.4. The van der Waals surface area contributed by atoms with Crippen LogP contribution in [-0.2, 0) is 10.0 Å². The zero-order chi connectivity index (χ0) is 25.3. The van der Waals surface area contributed by atoms with Crippen molar-refractivity contribution in [3.8, 4) is 17.0 Å². The molecule has 0 spiro atoms. The van der Waals surface area contributed by atoms with Crippen molar-refractivity contribution in [3.05, 3.63) is 63.9 Å². The highest BCUT2D eigenvalue weighted by molar-refractivity contribution is 7.92. The number of hydrogen-bond acceptors (Lipinski definition) is 8. The van der Waals surface area contributed by atoms with Gasteiger partial charge < -0.3 is 15.0 Å². The number of sulfonamides is 1. The minimum absolute atomic E-state index is 0.0220. The fourth-order valence-electron chi connectivity index (χ4n) is 3.29. The van der Waals surface area contributed by atoms with E-state index in [4.69, 9.17) is 16.3 Å². The number of fused-ring (bicyclic) bond motifs is 1. The summed E-state index contributed by atoms with van der Waals surface area (Å²) in [5.74, 6) is -0.825. The van der Waals surface area contributed by atoms with E-state index < -0.39 is 21.4 Å². The molecule has 4 aromatic rings. The maximum absolute atomic E-state index is 15.5. The van der Waals surface area contributed by atoms with Crippen LogP contribution in [0.15, 0.2) is 52.4 Å². The molecule has 35 heavy (non-hydrogen) atoms. The number of benzene rings is 1. The van der Waals surface area contributed by atoms with Crippen molar-refractivity contribution in [2.24, 2.45) is 0 Å². The lowest BCUT2D eigenvalue weighted by Gasteiger charge is -2.13. The molecule has 3 heterocycles. The van der Waals surface area contributed by atoms with Gasteiger partial charge in [-0.25, -0.2) is 22.8 Å². The molecule has 13 heteroatoms. The molecule has 0 aliphatic heterocycles. The first-order valence-electron chi connectivity index (χ1n) is 10.3. The van der Waals surface area contributed by atoms with E-state index in [2.05, 4.69) is 30.0 Å². The van der Waals surface area contributed by atoms with Crippen LogP contribution in [0.25, 0.3) is 22.2 Å². The molecule has 10 nitrogen and oxygen atoms in total. The molecule has 0 atom stereocenters. The molecule has 182 valence electrons. The largest absolute Gasteiger partial charge is 0.480 e. The second-order valence-corrected chi connectivity index (χ2v) is 9.83. The van der Waals surface area contributed by atoms with E-state index in [1.165, 1.54) is 43.8 Å². The van der Waals surface area contributed by atoms with E-state index in [1.54, 1.807) is 0 Å². The van der Waals surface area contributed by atoms with Gasteiger partial charge in [-0.15, -0.1) is 0 Å². The van der Waals surface area contributed by atoms with Gasteiger partial charge in [-0.1, -0.05) is 23.7 Å². The lowest BCUT2D eigenvalue weighted by Crippen LogP contribution is -2.17. The number of nitrogens with zero attached hydrogens (tertiary/aromatic N) is 3. The van der Waals surface area contributed by atoms with Crippen molar-refractivity contribution in [1.29, 1.82) is 0 Å². The smallest absolute Gasteiger partial charge is 0.267 e. The van der Waals surface area contributed by atoms with Crippen LogP contribution in [0.5, 0.6) is 5.88 Å². The highest BCUT2D eigenvalue weighted by Gasteiger charge is 2.24. The van der Waals surface area contributed by atoms with Gasteiger partial charge in [0.05, 0.1) is 23.4 Å². The number of halogens is 2. The van der Waals surface area contributed by atoms with Crippen molar-refractivity contribution in [1.82, 2.24) is 19.9 Å². The van der Waals surface area contributed by atoms with Gasteiger partial charge in [0.25, 0.3) is 15.6 Å². The van der Waals surface area contributed by atoms with Crippen LogP contribution in [0.2, 0.25) is 5.02 Å². The van der Waals surface area contributed by atoms with Crippen LogP contribution in [0.4, 0.5) is 16.0 Å². The van der Waals surface area contributed by atoms with Crippen LogP contribution in [-0.4, -0.2) is 41.5 Å². The molecule has 0 unspecified atom stereocenters. The van der Waals surface area contributed by atoms with Crippen LogP contribution >= 0.6 is 11.6 Å². The number of H-pyrrole nitrogens is 1. The summed E-state index contributed by atoms with van der Waals surface area (Å²) in [4.78, 5) is 27.3. The Morgan fingerprint density at radius 1 is 1.14 bits per heavy atom. The normalized spacial score (nSPS) is 11.6. The van der Waals surface area contributed by atoms with Crippen molar-refractivity contribution < 1.29 is 17.5 Å². The standard InChI is InChI=1S/C22H20ClFN6O4S/c1-11(2)27-22-26-9-12-7-15(20(31)28-19(12)29-22)14-5-4-6-16(18(14)24)30-35(32,33)17-8-13(23)10-25-21(17)34-3/h4-11,30H,1-3H3,(H2,26,27,28,29,31). The van der Waals surface area contributed by atoms with Crippen molar-refractivity contribution in [2.75, 3.05) is 17.1 Å². The summed E-state index contributed by atoms with van der Waals surface area (Å²) < 4.78 is 48.5. The average molecular weight is 519 g/mol. The maximum Gasteiger partial charge on any atom is 0.267 e. The third-order valence-corrected chi connectivity index (χ3v) is 6.38. The Hall–Kier alpha value is -3.77. The molecule has 0 amide bonds. The Kier molecular flexibility index (Phi) is 6.59. The van der Waals surface area contributed by atoms with E-state index in [1.807, 2.05) is 13.8 Å². The molecular formula is C22H20ClFN6O4S. The van der Waals surface area contributed by atoms with Crippen LogP contribution < -0.4 is 20.3 Å². The van der Waals surface area contributed by atoms with Crippen molar-refractivity contribution in [2.45, 2.75) is 24.8 Å². The van der Waals surface area contributed by atoms with Crippen LogP contribution in [0.1, 0.15) is 13.8 Å². The quantitative estimate of drug-likeness (QED) is 0.336. The number of rotatable bonds is 7. The zero-order valence-corrected chi connectivity index (χ0v) is 20.3. The number of nitrogens with one attached hydrogen (secondary N) is 3. The number of aromatic amines is 1. The van der Waals surface area contributed by atoms with E-state index in [0.717, 1.165) is 6.07 Å². The van der Waals surface area contributed by atoms with E-state index in [-0.39, 0.29) is 44.3 Å². The number of pyridine rings is 2. The fourth-order valence-corrected chi connectivity index (χ4v) is 4.72. The summed E-state index contributed by atoms with van der Waals surface area (Å²) in [6.07, 6.45) is 2.72. The van der Waals surface area contributed by atoms with Gasteiger partial charge in [0.15, 0.2) is 10.7 Å². The number of hydrogen-bond donors (Lipinski definition) is 3. The lowest BCUT2D eigenvalue weighted by molar-refractivity contribution is 0.385. The molecule has 4 rings (SSSR count). The van der Waals surface area contributed by atoms with Crippen LogP contribution in [0, 0.1) is 5.82 Å². The number of ether oxygens (including phenoxy) is 1. The monoisotopic (exact) mass is 518 g/mol. The minimum Gasteiger partial charge on any atom is -0.480 e. The summed E-state index contributed by atoms with van der Waals surface area (Å²) in [6.45, 7) is 3.84. The van der Waals surface area contributed by atoms with Gasteiger partial charge in [-0.05, 0) is 32.0 Å². The first-order chi connectivity index (χ1) is 16.6. The Labute approximate surface area is 204 Å². The second-order valence-electron chi connectivity index (χ2n) is 7.74. The fraction of sp³-hybridized carbons (Fsp3) is 0.182. The van der Waals surface area contributed by atoms with Gasteiger partial charge in [-0.2, -0.15) is 4.98 Å². The molecule has 3 N–H and O–H groups in total. The summed E-state index contributed by atoms with van der Waals surface area (Å²) in [7, 11) is -3.09. The average Bonchev–Trinajstić information content (AvgIpc) is 2.79. The summed E-state index contributed by atoms with van der Waals surface area (Å²) >= 11 is 5.88. The SMILES string of the molecule is COc1ncc(Cl)cc1S(=O)(=O)Nc1cccc(-c2cc3cnc(NC(C)C)nc3[nH]c2=O)c1F. The number of methoxy groups -OCH3 is 1. The summed E-state index contributed by atoms with van der Waals surface area (Å²) in [5.41, 5.74) is -0.849. The molecule has 0 bridgehead atoms. The van der Waals surface area contributed by atoms with Gasteiger partial charge in [0.1, 0.15) is 5.65 Å². The maximum atomic E-state index is 15.5. The Balaban J connectivity index is 1.75. The number of aromatic nitrogens is 4. The predicted molar refractivity (Wildman–Crippen MR) is 131 cm³/mol. The highest BCUT2D eigenvalue weighted by atomic mass is 35.5. The van der Waals surface area contributed by atoms with Crippen molar-refractivity contribution in [3.63, 3.8) is 0 Å². The summed E-state index contributed by atoms with van der Waals surface area (Å²) in [5, 5.41) is 3.55.